The monoisotopic (exact) mass is 188 g/mol. The molecule has 0 bridgehead atoms. The number of nitrogens with one attached hydrogen (secondary N) is 1. The second-order valence-corrected chi connectivity index (χ2v) is 3.25. The standard InChI is InChI=1S/C12H16N2/c1-3-4-5-9-13-10-12-8-6-7-11(2)14-12/h1,6-8,13H,4-5,9-10H2,2H3. The molecule has 1 heterocycles. The van der Waals surface area contributed by atoms with Gasteiger partial charge in [-0.1, -0.05) is 6.07 Å². The topological polar surface area (TPSA) is 24.9 Å². The number of aryl methyl sites for hydroxylation is 1. The highest BCUT2D eigenvalue weighted by molar-refractivity contribution is 5.09. The number of pyridine rings is 1. The van der Waals surface area contributed by atoms with E-state index in [9.17, 15) is 0 Å². The van der Waals surface area contributed by atoms with Gasteiger partial charge in [0.2, 0.25) is 0 Å². The van der Waals surface area contributed by atoms with Crippen LogP contribution in [0.3, 0.4) is 0 Å². The lowest BCUT2D eigenvalue weighted by Crippen LogP contribution is -2.15. The lowest BCUT2D eigenvalue weighted by Gasteiger charge is -2.03. The van der Waals surface area contributed by atoms with Crippen LogP contribution in [0, 0.1) is 19.3 Å². The summed E-state index contributed by atoms with van der Waals surface area (Å²) < 4.78 is 0. The number of hydrogen-bond donors (Lipinski definition) is 1. The third-order valence-corrected chi connectivity index (χ3v) is 1.93. The van der Waals surface area contributed by atoms with E-state index in [0.29, 0.717) is 0 Å². The van der Waals surface area contributed by atoms with Crippen LogP contribution < -0.4 is 5.32 Å². The molecule has 2 heteroatoms. The summed E-state index contributed by atoms with van der Waals surface area (Å²) in [5.41, 5.74) is 2.15. The summed E-state index contributed by atoms with van der Waals surface area (Å²) in [6, 6.07) is 6.06. The van der Waals surface area contributed by atoms with E-state index >= 15 is 0 Å². The number of hydrogen-bond acceptors (Lipinski definition) is 2. The summed E-state index contributed by atoms with van der Waals surface area (Å²) in [7, 11) is 0. The van der Waals surface area contributed by atoms with Crippen LogP contribution in [0.15, 0.2) is 18.2 Å². The summed E-state index contributed by atoms with van der Waals surface area (Å²) in [6.45, 7) is 3.79. The Morgan fingerprint density at radius 2 is 2.36 bits per heavy atom. The predicted molar refractivity (Wildman–Crippen MR) is 58.7 cm³/mol. The number of rotatable bonds is 5. The Bertz CT molecular complexity index is 312. The average molecular weight is 188 g/mol. The third-order valence-electron chi connectivity index (χ3n) is 1.93. The molecule has 0 atom stereocenters. The van der Waals surface area contributed by atoms with Crippen molar-refractivity contribution in [1.29, 1.82) is 0 Å². The Kier molecular flexibility index (Phi) is 4.74. The first-order chi connectivity index (χ1) is 6.83. The smallest absolute Gasteiger partial charge is 0.0544 e. The van der Waals surface area contributed by atoms with Crippen LogP contribution in [-0.2, 0) is 6.54 Å². The van der Waals surface area contributed by atoms with E-state index in [1.165, 1.54) is 0 Å². The van der Waals surface area contributed by atoms with Gasteiger partial charge in [-0.05, 0) is 32.0 Å². The Balaban J connectivity index is 2.22. The van der Waals surface area contributed by atoms with E-state index in [-0.39, 0.29) is 0 Å². The normalized spacial score (nSPS) is 9.71. The molecular weight excluding hydrogens is 172 g/mol. The van der Waals surface area contributed by atoms with E-state index < -0.39 is 0 Å². The van der Waals surface area contributed by atoms with Gasteiger partial charge in [0, 0.05) is 18.7 Å². The van der Waals surface area contributed by atoms with Crippen molar-refractivity contribution in [3.8, 4) is 12.3 Å². The molecule has 0 aromatic carbocycles. The van der Waals surface area contributed by atoms with Crippen LogP contribution >= 0.6 is 0 Å². The molecule has 0 aliphatic carbocycles. The van der Waals surface area contributed by atoms with E-state index in [0.717, 1.165) is 37.3 Å². The Morgan fingerprint density at radius 1 is 1.50 bits per heavy atom. The van der Waals surface area contributed by atoms with E-state index in [1.54, 1.807) is 0 Å². The number of nitrogens with zero attached hydrogens (tertiary/aromatic N) is 1. The fourth-order valence-electron chi connectivity index (χ4n) is 1.23. The first kappa shape index (κ1) is 10.7. The van der Waals surface area contributed by atoms with Crippen LogP contribution in [0.2, 0.25) is 0 Å². The summed E-state index contributed by atoms with van der Waals surface area (Å²) >= 11 is 0. The van der Waals surface area contributed by atoms with Gasteiger partial charge in [-0.25, -0.2) is 0 Å². The fraction of sp³-hybridized carbons (Fsp3) is 0.417. The van der Waals surface area contributed by atoms with Crippen LogP contribution in [0.25, 0.3) is 0 Å². The molecule has 0 aliphatic heterocycles. The highest BCUT2D eigenvalue weighted by Crippen LogP contribution is 1.97. The van der Waals surface area contributed by atoms with Crippen molar-refractivity contribution in [3.05, 3.63) is 29.6 Å². The molecule has 0 saturated heterocycles. The molecule has 0 saturated carbocycles. The van der Waals surface area contributed by atoms with Crippen molar-refractivity contribution in [2.75, 3.05) is 6.54 Å². The van der Waals surface area contributed by atoms with Gasteiger partial charge in [-0.3, -0.25) is 4.98 Å². The minimum atomic E-state index is 0.826. The fourth-order valence-corrected chi connectivity index (χ4v) is 1.23. The molecule has 14 heavy (non-hydrogen) atoms. The lowest BCUT2D eigenvalue weighted by molar-refractivity contribution is 0.648. The molecule has 0 spiro atoms. The molecule has 2 nitrogen and oxygen atoms in total. The molecule has 0 radical (unpaired) electrons. The van der Waals surface area contributed by atoms with Gasteiger partial charge in [0.15, 0.2) is 0 Å². The molecular formula is C12H16N2. The van der Waals surface area contributed by atoms with E-state index in [4.69, 9.17) is 6.42 Å². The average Bonchev–Trinajstić information content (AvgIpc) is 2.18. The highest BCUT2D eigenvalue weighted by Gasteiger charge is 1.93. The Labute approximate surface area is 85.8 Å². The van der Waals surface area contributed by atoms with Crippen molar-refractivity contribution in [1.82, 2.24) is 10.3 Å². The van der Waals surface area contributed by atoms with Crippen molar-refractivity contribution < 1.29 is 0 Å². The second-order valence-electron chi connectivity index (χ2n) is 3.25. The number of aromatic nitrogens is 1. The van der Waals surface area contributed by atoms with Crippen molar-refractivity contribution in [2.45, 2.75) is 26.3 Å². The maximum absolute atomic E-state index is 5.15. The first-order valence-electron chi connectivity index (χ1n) is 4.89. The van der Waals surface area contributed by atoms with Crippen molar-refractivity contribution in [2.24, 2.45) is 0 Å². The largest absolute Gasteiger partial charge is 0.311 e. The van der Waals surface area contributed by atoms with Crippen LogP contribution in [0.4, 0.5) is 0 Å². The van der Waals surface area contributed by atoms with E-state index in [1.807, 2.05) is 25.1 Å². The Morgan fingerprint density at radius 3 is 3.07 bits per heavy atom. The third kappa shape index (κ3) is 4.06. The quantitative estimate of drug-likeness (QED) is 0.564. The van der Waals surface area contributed by atoms with Gasteiger partial charge in [-0.15, -0.1) is 12.3 Å². The maximum Gasteiger partial charge on any atom is 0.0544 e. The minimum Gasteiger partial charge on any atom is -0.311 e. The zero-order valence-electron chi connectivity index (χ0n) is 8.59. The molecule has 1 aromatic heterocycles. The molecule has 74 valence electrons. The minimum absolute atomic E-state index is 0.826. The number of unbranched alkanes of at least 4 members (excludes halogenated alkanes) is 1. The number of terminal acetylenes is 1. The predicted octanol–water partition coefficient (Wildman–Crippen LogP) is 1.89. The Hall–Kier alpha value is -1.33. The first-order valence-corrected chi connectivity index (χ1v) is 4.89. The van der Waals surface area contributed by atoms with Gasteiger partial charge in [0.05, 0.1) is 5.69 Å². The lowest BCUT2D eigenvalue weighted by atomic mass is 10.3. The van der Waals surface area contributed by atoms with Gasteiger partial charge in [0.25, 0.3) is 0 Å². The maximum atomic E-state index is 5.15. The summed E-state index contributed by atoms with van der Waals surface area (Å²) in [6.07, 6.45) is 7.02. The molecule has 0 unspecified atom stereocenters. The molecule has 0 fully saturated rings. The van der Waals surface area contributed by atoms with Gasteiger partial charge in [0.1, 0.15) is 0 Å². The summed E-state index contributed by atoms with van der Waals surface area (Å²) in [4.78, 5) is 4.39. The molecule has 1 N–H and O–H groups in total. The van der Waals surface area contributed by atoms with Crippen LogP contribution in [-0.4, -0.2) is 11.5 Å². The summed E-state index contributed by atoms with van der Waals surface area (Å²) in [5.74, 6) is 2.62. The second kappa shape index (κ2) is 6.17. The zero-order chi connectivity index (χ0) is 10.2. The highest BCUT2D eigenvalue weighted by atomic mass is 14.9. The molecule has 1 aromatic rings. The van der Waals surface area contributed by atoms with Crippen LogP contribution in [0.1, 0.15) is 24.2 Å². The van der Waals surface area contributed by atoms with Crippen LogP contribution in [0.5, 0.6) is 0 Å². The zero-order valence-corrected chi connectivity index (χ0v) is 8.59. The molecule has 0 amide bonds. The van der Waals surface area contributed by atoms with Gasteiger partial charge in [-0.2, -0.15) is 0 Å². The van der Waals surface area contributed by atoms with Crippen molar-refractivity contribution >= 4 is 0 Å². The van der Waals surface area contributed by atoms with Crippen molar-refractivity contribution in [3.63, 3.8) is 0 Å². The summed E-state index contributed by atoms with van der Waals surface area (Å²) in [5, 5.41) is 3.31. The van der Waals surface area contributed by atoms with Gasteiger partial charge >= 0.3 is 0 Å². The van der Waals surface area contributed by atoms with E-state index in [2.05, 4.69) is 16.2 Å². The SMILES string of the molecule is C#CCCCNCc1cccc(C)n1. The van der Waals surface area contributed by atoms with Gasteiger partial charge < -0.3 is 5.32 Å². The molecule has 0 aliphatic rings. The molecule has 1 rings (SSSR count).